The molecule has 0 spiro atoms. The van der Waals surface area contributed by atoms with Gasteiger partial charge in [-0.3, -0.25) is 4.79 Å². The zero-order chi connectivity index (χ0) is 15.0. The van der Waals surface area contributed by atoms with Gasteiger partial charge < -0.3 is 5.11 Å². The molecule has 0 saturated heterocycles. The van der Waals surface area contributed by atoms with Gasteiger partial charge in [-0.2, -0.15) is 23.3 Å². The molecule has 20 heavy (non-hydrogen) atoms. The number of hydrazone groups is 1. The molecular weight excluding hydrogens is 273 g/mol. The van der Waals surface area contributed by atoms with Crippen LogP contribution in [0.4, 0.5) is 13.2 Å². The summed E-state index contributed by atoms with van der Waals surface area (Å²) >= 11 is 0. The molecule has 1 atom stereocenters. The van der Waals surface area contributed by atoms with Crippen LogP contribution < -0.4 is 0 Å². The highest BCUT2D eigenvalue weighted by atomic mass is 19.4. The largest absolute Gasteiger partial charge is 0.438 e. The first-order valence-corrected chi connectivity index (χ1v) is 6.99. The maximum Gasteiger partial charge on any atom is 0.438 e. The predicted octanol–water partition coefficient (Wildman–Crippen LogP) is 2.82. The minimum atomic E-state index is -4.91. The fourth-order valence-corrected chi connectivity index (χ4v) is 2.79. The van der Waals surface area contributed by atoms with Crippen molar-refractivity contribution >= 4 is 11.6 Å². The van der Waals surface area contributed by atoms with Gasteiger partial charge in [-0.15, -0.1) is 0 Å². The van der Waals surface area contributed by atoms with Crippen LogP contribution in [0, 0.1) is 5.92 Å². The Morgan fingerprint density at radius 1 is 1.40 bits per heavy atom. The average Bonchev–Trinajstić information content (AvgIpc) is 2.77. The van der Waals surface area contributed by atoms with E-state index in [2.05, 4.69) is 5.10 Å². The van der Waals surface area contributed by atoms with E-state index in [1.165, 1.54) is 0 Å². The summed E-state index contributed by atoms with van der Waals surface area (Å²) in [5, 5.41) is 14.0. The first-order chi connectivity index (χ1) is 9.29. The van der Waals surface area contributed by atoms with E-state index in [-0.39, 0.29) is 12.1 Å². The number of hydrogen-bond acceptors (Lipinski definition) is 3. The zero-order valence-corrected chi connectivity index (χ0v) is 11.4. The van der Waals surface area contributed by atoms with E-state index in [0.29, 0.717) is 17.9 Å². The topological polar surface area (TPSA) is 52.9 Å². The fraction of sp³-hybridized carbons (Fsp3) is 0.846. The third kappa shape index (κ3) is 2.55. The average molecular weight is 292 g/mol. The summed E-state index contributed by atoms with van der Waals surface area (Å²) < 4.78 is 39.3. The summed E-state index contributed by atoms with van der Waals surface area (Å²) in [6.07, 6.45) is -1.47. The van der Waals surface area contributed by atoms with Crippen molar-refractivity contribution in [3.63, 3.8) is 0 Å². The van der Waals surface area contributed by atoms with E-state index in [9.17, 15) is 23.1 Å². The van der Waals surface area contributed by atoms with Crippen LogP contribution in [0.2, 0.25) is 0 Å². The fourth-order valence-electron chi connectivity index (χ4n) is 2.79. The van der Waals surface area contributed by atoms with Crippen LogP contribution in [0.1, 0.15) is 51.9 Å². The minimum absolute atomic E-state index is 0.203. The van der Waals surface area contributed by atoms with E-state index in [0.717, 1.165) is 19.3 Å². The van der Waals surface area contributed by atoms with Crippen LogP contribution in [0.5, 0.6) is 0 Å². The highest BCUT2D eigenvalue weighted by Crippen LogP contribution is 2.42. The van der Waals surface area contributed by atoms with Crippen LogP contribution in [0.25, 0.3) is 0 Å². The summed E-state index contributed by atoms with van der Waals surface area (Å²) in [5.41, 5.74) is -2.97. The van der Waals surface area contributed by atoms with E-state index in [1.807, 2.05) is 0 Å². The zero-order valence-electron chi connectivity index (χ0n) is 11.4. The Kier molecular flexibility index (Phi) is 4.09. The molecule has 1 N–H and O–H groups in total. The molecule has 0 radical (unpaired) electrons. The Morgan fingerprint density at radius 3 is 2.50 bits per heavy atom. The van der Waals surface area contributed by atoms with E-state index in [1.54, 1.807) is 6.92 Å². The molecule has 0 aromatic heterocycles. The van der Waals surface area contributed by atoms with Crippen molar-refractivity contribution in [3.05, 3.63) is 0 Å². The van der Waals surface area contributed by atoms with E-state index in [4.69, 9.17) is 0 Å². The maximum atomic E-state index is 13.1. The van der Waals surface area contributed by atoms with Crippen LogP contribution >= 0.6 is 0 Å². The number of carbonyl (C=O) groups excluding carboxylic acids is 1. The predicted molar refractivity (Wildman–Crippen MR) is 66.8 cm³/mol. The lowest BCUT2D eigenvalue weighted by atomic mass is 9.88. The second-order valence-electron chi connectivity index (χ2n) is 5.50. The molecule has 1 aliphatic heterocycles. The number of nitrogens with zero attached hydrogens (tertiary/aromatic N) is 2. The molecular formula is C13H19F3N2O2. The van der Waals surface area contributed by atoms with Crippen molar-refractivity contribution in [3.8, 4) is 0 Å². The molecule has 2 aliphatic rings. The Morgan fingerprint density at radius 2 is 2.00 bits per heavy atom. The van der Waals surface area contributed by atoms with Crippen LogP contribution in [-0.4, -0.2) is 33.6 Å². The van der Waals surface area contributed by atoms with Gasteiger partial charge in [0, 0.05) is 18.1 Å². The van der Waals surface area contributed by atoms with Crippen molar-refractivity contribution < 1.29 is 23.1 Å². The number of amides is 1. The molecule has 0 unspecified atom stereocenters. The number of hydrogen-bond donors (Lipinski definition) is 1. The van der Waals surface area contributed by atoms with Gasteiger partial charge in [0.05, 0.1) is 0 Å². The number of rotatable bonds is 2. The van der Waals surface area contributed by atoms with Crippen molar-refractivity contribution in [2.24, 2.45) is 11.0 Å². The minimum Gasteiger partial charge on any atom is -0.362 e. The van der Waals surface area contributed by atoms with E-state index >= 15 is 0 Å². The Labute approximate surface area is 115 Å². The summed E-state index contributed by atoms with van der Waals surface area (Å²) in [4.78, 5) is 12.3. The summed E-state index contributed by atoms with van der Waals surface area (Å²) in [6.45, 7) is 1.66. The lowest BCUT2D eigenvalue weighted by molar-refractivity contribution is -0.303. The summed E-state index contributed by atoms with van der Waals surface area (Å²) in [6, 6.07) is 0. The van der Waals surface area contributed by atoms with Crippen molar-refractivity contribution in [2.75, 3.05) is 0 Å². The first kappa shape index (κ1) is 15.3. The second kappa shape index (κ2) is 5.35. The highest BCUT2D eigenvalue weighted by molar-refractivity contribution is 5.91. The molecule has 0 aromatic carbocycles. The normalized spacial score (nSPS) is 28.6. The van der Waals surface area contributed by atoms with Gasteiger partial charge >= 0.3 is 6.18 Å². The van der Waals surface area contributed by atoms with Gasteiger partial charge in [0.15, 0.2) is 0 Å². The van der Waals surface area contributed by atoms with Gasteiger partial charge in [-0.1, -0.05) is 26.2 Å². The SMILES string of the molecule is CCC1=NN(C(=O)C2CCCCC2)[C@](O)(C(F)(F)F)C1. The molecule has 1 amide bonds. The molecule has 7 heteroatoms. The third-order valence-electron chi connectivity index (χ3n) is 4.07. The number of halogens is 3. The molecule has 1 aliphatic carbocycles. The molecule has 2 rings (SSSR count). The number of carbonyl (C=O) groups is 1. The maximum absolute atomic E-state index is 13.1. The van der Waals surface area contributed by atoms with Crippen LogP contribution in [-0.2, 0) is 4.79 Å². The summed E-state index contributed by atoms with van der Waals surface area (Å²) in [5.74, 6) is -1.16. The first-order valence-electron chi connectivity index (χ1n) is 6.99. The van der Waals surface area contributed by atoms with Gasteiger partial charge in [0.1, 0.15) is 0 Å². The standard InChI is InChI=1S/C13H19F3N2O2/c1-2-10-8-12(20,13(14,15)16)18(17-10)11(19)9-6-4-3-5-7-9/h9,20H,2-8H2,1H3/t12-/m1/s1. The van der Waals surface area contributed by atoms with Crippen molar-refractivity contribution in [1.82, 2.24) is 5.01 Å². The summed E-state index contributed by atoms with van der Waals surface area (Å²) in [7, 11) is 0. The molecule has 4 nitrogen and oxygen atoms in total. The van der Waals surface area contributed by atoms with Gasteiger partial charge in [-0.25, -0.2) is 0 Å². The third-order valence-corrected chi connectivity index (χ3v) is 4.07. The second-order valence-corrected chi connectivity index (χ2v) is 5.50. The molecule has 1 heterocycles. The van der Waals surface area contributed by atoms with Crippen molar-refractivity contribution in [1.29, 1.82) is 0 Å². The Balaban J connectivity index is 2.25. The Hall–Kier alpha value is -1.11. The molecule has 0 aromatic rings. The van der Waals surface area contributed by atoms with Crippen LogP contribution in [0.15, 0.2) is 5.10 Å². The lowest BCUT2D eigenvalue weighted by Gasteiger charge is -2.35. The van der Waals surface area contributed by atoms with Gasteiger partial charge in [-0.05, 0) is 19.3 Å². The molecule has 0 bridgehead atoms. The lowest BCUT2D eigenvalue weighted by Crippen LogP contribution is -2.57. The quantitative estimate of drug-likeness (QED) is 0.851. The number of aliphatic hydroxyl groups is 1. The smallest absolute Gasteiger partial charge is 0.362 e. The number of alkyl halides is 3. The molecule has 1 saturated carbocycles. The van der Waals surface area contributed by atoms with E-state index < -0.39 is 30.1 Å². The highest BCUT2D eigenvalue weighted by Gasteiger charge is 2.63. The van der Waals surface area contributed by atoms with Crippen molar-refractivity contribution in [2.45, 2.75) is 63.8 Å². The van der Waals surface area contributed by atoms with Crippen LogP contribution in [0.3, 0.4) is 0 Å². The van der Waals surface area contributed by atoms with Gasteiger partial charge in [0.2, 0.25) is 5.91 Å². The van der Waals surface area contributed by atoms with Gasteiger partial charge in [0.25, 0.3) is 5.72 Å². The monoisotopic (exact) mass is 292 g/mol. The molecule has 114 valence electrons. The molecule has 1 fully saturated rings. The Bertz CT molecular complexity index is 416.